The molecule has 0 spiro atoms. The Morgan fingerprint density at radius 2 is 0.882 bits per heavy atom. The van der Waals surface area contributed by atoms with Crippen molar-refractivity contribution in [1.29, 1.82) is 0 Å². The van der Waals surface area contributed by atoms with E-state index in [0.717, 1.165) is 57.8 Å². The van der Waals surface area contributed by atoms with E-state index >= 15 is 0 Å². The van der Waals surface area contributed by atoms with Gasteiger partial charge in [-0.3, -0.25) is 9.59 Å². The van der Waals surface area contributed by atoms with E-state index in [-0.39, 0.29) is 11.9 Å². The first-order chi connectivity index (χ1) is 16.7. The summed E-state index contributed by atoms with van der Waals surface area (Å²) in [6.45, 7) is 5.54. The van der Waals surface area contributed by atoms with Gasteiger partial charge in [0.05, 0.1) is 13.2 Å². The van der Waals surface area contributed by atoms with Crippen molar-refractivity contribution >= 4 is 11.9 Å². The fraction of sp³-hybridized carbons (Fsp3) is 0.867. The molecular formula is C30H56O4. The molecule has 0 amide bonds. The molecule has 0 atom stereocenters. The topological polar surface area (TPSA) is 52.6 Å². The Hall–Kier alpha value is -1.32. The van der Waals surface area contributed by atoms with Crippen LogP contribution in [0.1, 0.15) is 155 Å². The summed E-state index contributed by atoms with van der Waals surface area (Å²) in [4.78, 5) is 23.5. The normalized spacial score (nSPS) is 11.2. The lowest BCUT2D eigenvalue weighted by Gasteiger charge is -2.06. The van der Waals surface area contributed by atoms with Crippen LogP contribution < -0.4 is 0 Å². The Balaban J connectivity index is 3.29. The number of esters is 2. The second kappa shape index (κ2) is 27.9. The number of carbonyl (C=O) groups is 2. The van der Waals surface area contributed by atoms with Crippen LogP contribution in [-0.2, 0) is 19.1 Å². The van der Waals surface area contributed by atoms with E-state index in [1.807, 2.05) is 0 Å². The lowest BCUT2D eigenvalue weighted by Crippen LogP contribution is -2.05. The third kappa shape index (κ3) is 26.9. The number of ether oxygens (including phenoxy) is 2. The maximum Gasteiger partial charge on any atom is 0.305 e. The predicted molar refractivity (Wildman–Crippen MR) is 144 cm³/mol. The van der Waals surface area contributed by atoms with Gasteiger partial charge < -0.3 is 9.47 Å². The van der Waals surface area contributed by atoms with Crippen LogP contribution >= 0.6 is 0 Å². The fourth-order valence-corrected chi connectivity index (χ4v) is 3.98. The van der Waals surface area contributed by atoms with E-state index in [0.29, 0.717) is 26.1 Å². The Bertz CT molecular complexity index is 472. The molecule has 0 unspecified atom stereocenters. The van der Waals surface area contributed by atoms with Gasteiger partial charge in [0, 0.05) is 12.8 Å². The lowest BCUT2D eigenvalue weighted by molar-refractivity contribution is -0.144. The Morgan fingerprint density at radius 1 is 0.471 bits per heavy atom. The average molecular weight is 481 g/mol. The van der Waals surface area contributed by atoms with Crippen LogP contribution in [0, 0.1) is 0 Å². The minimum Gasteiger partial charge on any atom is -0.466 e. The second-order valence-electron chi connectivity index (χ2n) is 9.65. The molecule has 0 saturated carbocycles. The number of hydrogen-bond acceptors (Lipinski definition) is 4. The number of unbranched alkanes of at least 4 members (excludes halogenated alkanes) is 16. The summed E-state index contributed by atoms with van der Waals surface area (Å²) in [6.07, 6.45) is 28.7. The van der Waals surface area contributed by atoms with Crippen molar-refractivity contribution in [3.05, 3.63) is 12.2 Å². The summed E-state index contributed by atoms with van der Waals surface area (Å²) in [5.41, 5.74) is 0. The summed E-state index contributed by atoms with van der Waals surface area (Å²) in [6, 6.07) is 0. The zero-order valence-electron chi connectivity index (χ0n) is 22.8. The van der Waals surface area contributed by atoms with Crippen molar-refractivity contribution in [2.45, 2.75) is 155 Å². The van der Waals surface area contributed by atoms with Gasteiger partial charge in [-0.25, -0.2) is 0 Å². The summed E-state index contributed by atoms with van der Waals surface area (Å²) >= 11 is 0. The van der Waals surface area contributed by atoms with Crippen LogP contribution in [0.4, 0.5) is 0 Å². The van der Waals surface area contributed by atoms with Crippen molar-refractivity contribution in [3.8, 4) is 0 Å². The minimum atomic E-state index is -0.0749. The van der Waals surface area contributed by atoms with Gasteiger partial charge in [0.15, 0.2) is 0 Å². The molecule has 0 fully saturated rings. The second-order valence-corrected chi connectivity index (χ2v) is 9.65. The van der Waals surface area contributed by atoms with Crippen molar-refractivity contribution in [2.24, 2.45) is 0 Å². The van der Waals surface area contributed by atoms with E-state index in [1.54, 1.807) is 0 Å². The Kier molecular flexibility index (Phi) is 26.8. The summed E-state index contributed by atoms with van der Waals surface area (Å²) in [5, 5.41) is 0. The van der Waals surface area contributed by atoms with Gasteiger partial charge in [0.1, 0.15) is 0 Å². The Morgan fingerprint density at radius 3 is 1.44 bits per heavy atom. The van der Waals surface area contributed by atoms with Gasteiger partial charge in [0.25, 0.3) is 0 Å². The summed E-state index contributed by atoms with van der Waals surface area (Å²) in [5.74, 6) is -0.118. The molecule has 0 aliphatic carbocycles. The molecule has 0 aliphatic heterocycles. The molecule has 0 aromatic heterocycles. The van der Waals surface area contributed by atoms with Gasteiger partial charge in [0.2, 0.25) is 0 Å². The van der Waals surface area contributed by atoms with Gasteiger partial charge in [-0.2, -0.15) is 0 Å². The number of hydrogen-bond donors (Lipinski definition) is 0. The van der Waals surface area contributed by atoms with Crippen molar-refractivity contribution in [2.75, 3.05) is 13.2 Å². The van der Waals surface area contributed by atoms with E-state index in [4.69, 9.17) is 9.47 Å². The van der Waals surface area contributed by atoms with Crippen LogP contribution in [0.5, 0.6) is 0 Å². The van der Waals surface area contributed by atoms with Gasteiger partial charge in [-0.05, 0) is 38.5 Å². The molecule has 0 aliphatic rings. The summed E-state index contributed by atoms with van der Waals surface area (Å²) < 4.78 is 10.6. The zero-order valence-corrected chi connectivity index (χ0v) is 22.8. The van der Waals surface area contributed by atoms with Crippen molar-refractivity contribution < 1.29 is 19.1 Å². The van der Waals surface area contributed by atoms with E-state index in [2.05, 4.69) is 26.0 Å². The maximum atomic E-state index is 11.8. The highest BCUT2D eigenvalue weighted by molar-refractivity contribution is 5.69. The smallest absolute Gasteiger partial charge is 0.305 e. The molecule has 0 aromatic carbocycles. The number of rotatable bonds is 26. The van der Waals surface area contributed by atoms with Crippen LogP contribution in [0.2, 0.25) is 0 Å². The zero-order chi connectivity index (χ0) is 25.0. The standard InChI is InChI=1S/C30H56O4/c1-3-5-7-9-11-12-16-20-24-28-34-30(32)26-22-18-14-13-17-21-25-29(31)33-27-23-19-15-10-8-6-4-2/h15,19H,3-14,16-18,20-28H2,1-2H3/b19-15-. The third-order valence-corrected chi connectivity index (χ3v) is 6.21. The quantitative estimate of drug-likeness (QED) is 0.0703. The van der Waals surface area contributed by atoms with E-state index in [1.165, 1.54) is 70.6 Å². The maximum absolute atomic E-state index is 11.8. The van der Waals surface area contributed by atoms with Gasteiger partial charge >= 0.3 is 11.9 Å². The first-order valence-electron chi connectivity index (χ1n) is 14.7. The highest BCUT2D eigenvalue weighted by Crippen LogP contribution is 2.11. The highest BCUT2D eigenvalue weighted by Gasteiger charge is 2.04. The lowest BCUT2D eigenvalue weighted by atomic mass is 10.1. The van der Waals surface area contributed by atoms with Crippen molar-refractivity contribution in [1.82, 2.24) is 0 Å². The summed E-state index contributed by atoms with van der Waals surface area (Å²) in [7, 11) is 0. The largest absolute Gasteiger partial charge is 0.466 e. The molecule has 200 valence electrons. The fourth-order valence-electron chi connectivity index (χ4n) is 3.98. The minimum absolute atomic E-state index is 0.0434. The molecule has 0 heterocycles. The third-order valence-electron chi connectivity index (χ3n) is 6.21. The molecule has 0 rings (SSSR count). The molecule has 0 radical (unpaired) electrons. The van der Waals surface area contributed by atoms with Crippen molar-refractivity contribution in [3.63, 3.8) is 0 Å². The molecule has 4 nitrogen and oxygen atoms in total. The number of allylic oxidation sites excluding steroid dienone is 1. The molecule has 34 heavy (non-hydrogen) atoms. The monoisotopic (exact) mass is 480 g/mol. The van der Waals surface area contributed by atoms with Gasteiger partial charge in [-0.15, -0.1) is 0 Å². The average Bonchev–Trinajstić information content (AvgIpc) is 2.83. The molecule has 0 bridgehead atoms. The highest BCUT2D eigenvalue weighted by atomic mass is 16.5. The van der Waals surface area contributed by atoms with Crippen LogP contribution in [0.3, 0.4) is 0 Å². The number of carbonyl (C=O) groups excluding carboxylic acids is 2. The van der Waals surface area contributed by atoms with Crippen LogP contribution in [-0.4, -0.2) is 25.2 Å². The molecule has 0 aromatic rings. The molecular weight excluding hydrogens is 424 g/mol. The van der Waals surface area contributed by atoms with E-state index in [9.17, 15) is 9.59 Å². The molecule has 0 N–H and O–H groups in total. The molecule has 0 saturated heterocycles. The van der Waals surface area contributed by atoms with E-state index < -0.39 is 0 Å². The predicted octanol–water partition coefficient (Wildman–Crippen LogP) is 9.25. The van der Waals surface area contributed by atoms with Crippen LogP contribution in [0.25, 0.3) is 0 Å². The van der Waals surface area contributed by atoms with Gasteiger partial charge in [-0.1, -0.05) is 116 Å². The van der Waals surface area contributed by atoms with Crippen LogP contribution in [0.15, 0.2) is 12.2 Å². The first kappa shape index (κ1) is 32.7. The molecule has 4 heteroatoms. The first-order valence-corrected chi connectivity index (χ1v) is 14.7. The Labute approximate surface area is 211 Å². The SMILES string of the molecule is CCCCC/C=C\CCOC(=O)CCCCCCCCC(=O)OCCCCCCCCCCC.